The Morgan fingerprint density at radius 3 is 2.32 bits per heavy atom. The molecule has 1 heterocycles. The van der Waals surface area contributed by atoms with Crippen molar-refractivity contribution >= 4 is 16.0 Å². The lowest BCUT2D eigenvalue weighted by atomic mass is 10.1. The number of benzene rings is 2. The van der Waals surface area contributed by atoms with Crippen LogP contribution in [0.5, 0.6) is 0 Å². The van der Waals surface area contributed by atoms with Crippen LogP contribution in [-0.4, -0.2) is 45.5 Å². The average molecular weight is 403 g/mol. The first-order valence-corrected chi connectivity index (χ1v) is 11.1. The van der Waals surface area contributed by atoms with Gasteiger partial charge >= 0.3 is 5.97 Å². The van der Waals surface area contributed by atoms with Crippen molar-refractivity contribution in [3.05, 3.63) is 65.7 Å². The molecule has 1 unspecified atom stereocenters. The zero-order valence-corrected chi connectivity index (χ0v) is 16.8. The van der Waals surface area contributed by atoms with Gasteiger partial charge in [0.25, 0.3) is 0 Å². The fourth-order valence-corrected chi connectivity index (χ4v) is 4.48. The van der Waals surface area contributed by atoms with E-state index in [0.717, 1.165) is 31.5 Å². The largest absolute Gasteiger partial charge is 0.462 e. The van der Waals surface area contributed by atoms with Crippen molar-refractivity contribution in [3.63, 3.8) is 0 Å². The van der Waals surface area contributed by atoms with E-state index in [4.69, 9.17) is 4.74 Å². The molecular weight excluding hydrogens is 376 g/mol. The third-order valence-corrected chi connectivity index (χ3v) is 6.35. The van der Waals surface area contributed by atoms with Crippen molar-refractivity contribution in [2.45, 2.75) is 30.7 Å². The van der Waals surface area contributed by atoms with Crippen molar-refractivity contribution in [3.8, 4) is 0 Å². The molecule has 1 aliphatic heterocycles. The van der Waals surface area contributed by atoms with E-state index >= 15 is 0 Å². The Labute approximate surface area is 166 Å². The van der Waals surface area contributed by atoms with E-state index in [1.807, 2.05) is 30.3 Å². The SMILES string of the molecule is CCOC(=O)c1ccc(S(=O)(=O)NCC(c2ccccc2)N2CCCC2)cc1. The quantitative estimate of drug-likeness (QED) is 0.687. The van der Waals surface area contributed by atoms with E-state index in [1.54, 1.807) is 6.92 Å². The number of rotatable bonds is 8. The standard InChI is InChI=1S/C21H26N2O4S/c1-2-27-21(24)18-10-12-19(13-11-18)28(25,26)22-16-20(23-14-6-7-15-23)17-8-4-3-5-9-17/h3-5,8-13,20,22H,2,6-7,14-16H2,1H3. The van der Waals surface area contributed by atoms with Gasteiger partial charge in [0.1, 0.15) is 0 Å². The summed E-state index contributed by atoms with van der Waals surface area (Å²) in [4.78, 5) is 14.2. The molecule has 1 aliphatic rings. The predicted molar refractivity (Wildman–Crippen MR) is 108 cm³/mol. The summed E-state index contributed by atoms with van der Waals surface area (Å²) in [6.45, 7) is 4.24. The highest BCUT2D eigenvalue weighted by molar-refractivity contribution is 7.89. The molecule has 0 aromatic heterocycles. The van der Waals surface area contributed by atoms with E-state index in [-0.39, 0.29) is 17.5 Å². The Bertz CT molecular complexity index is 876. The van der Waals surface area contributed by atoms with Gasteiger partial charge in [0.15, 0.2) is 0 Å². The fourth-order valence-electron chi connectivity index (χ4n) is 3.44. The van der Waals surface area contributed by atoms with E-state index in [1.165, 1.54) is 24.3 Å². The molecule has 1 saturated heterocycles. The van der Waals surface area contributed by atoms with Crippen LogP contribution in [-0.2, 0) is 14.8 Å². The molecule has 0 spiro atoms. The first-order valence-electron chi connectivity index (χ1n) is 9.57. The molecule has 0 amide bonds. The maximum atomic E-state index is 12.7. The number of nitrogens with zero attached hydrogens (tertiary/aromatic N) is 1. The summed E-state index contributed by atoms with van der Waals surface area (Å²) in [6, 6.07) is 15.8. The molecule has 2 aromatic carbocycles. The van der Waals surface area contributed by atoms with Gasteiger partial charge in [0.05, 0.1) is 17.1 Å². The summed E-state index contributed by atoms with van der Waals surface area (Å²) in [5.74, 6) is -0.461. The summed E-state index contributed by atoms with van der Waals surface area (Å²) in [7, 11) is -3.68. The molecule has 0 aliphatic carbocycles. The molecule has 1 fully saturated rings. The number of hydrogen-bond donors (Lipinski definition) is 1. The van der Waals surface area contributed by atoms with Crippen LogP contribution in [0.2, 0.25) is 0 Å². The number of ether oxygens (including phenoxy) is 1. The number of hydrogen-bond acceptors (Lipinski definition) is 5. The summed E-state index contributed by atoms with van der Waals surface area (Å²) in [5, 5.41) is 0. The van der Waals surface area contributed by atoms with Gasteiger partial charge in [-0.3, -0.25) is 4.90 Å². The molecule has 3 rings (SSSR count). The predicted octanol–water partition coefficient (Wildman–Crippen LogP) is 2.98. The van der Waals surface area contributed by atoms with Gasteiger partial charge < -0.3 is 4.74 Å². The third kappa shape index (κ3) is 4.98. The van der Waals surface area contributed by atoms with Crippen LogP contribution >= 0.6 is 0 Å². The highest BCUT2D eigenvalue weighted by Crippen LogP contribution is 2.25. The van der Waals surface area contributed by atoms with Gasteiger partial charge in [-0.2, -0.15) is 0 Å². The van der Waals surface area contributed by atoms with E-state index in [0.29, 0.717) is 12.1 Å². The van der Waals surface area contributed by atoms with Crippen molar-refractivity contribution in [1.82, 2.24) is 9.62 Å². The second-order valence-electron chi connectivity index (χ2n) is 6.77. The van der Waals surface area contributed by atoms with Crippen LogP contribution in [0, 0.1) is 0 Å². The van der Waals surface area contributed by atoms with Crippen molar-refractivity contribution in [2.75, 3.05) is 26.2 Å². The lowest BCUT2D eigenvalue weighted by molar-refractivity contribution is 0.0526. The van der Waals surface area contributed by atoms with Gasteiger partial charge in [-0.1, -0.05) is 30.3 Å². The van der Waals surface area contributed by atoms with Gasteiger partial charge in [-0.25, -0.2) is 17.9 Å². The Hall–Kier alpha value is -2.22. The summed E-state index contributed by atoms with van der Waals surface area (Å²) < 4.78 is 33.2. The Balaban J connectivity index is 1.72. The van der Waals surface area contributed by atoms with Gasteiger partial charge in [0, 0.05) is 12.6 Å². The second kappa shape index (κ2) is 9.32. The van der Waals surface area contributed by atoms with Crippen LogP contribution < -0.4 is 4.72 Å². The molecule has 0 saturated carbocycles. The van der Waals surface area contributed by atoms with Crippen molar-refractivity contribution in [2.24, 2.45) is 0 Å². The Morgan fingerprint density at radius 2 is 1.71 bits per heavy atom. The Kier molecular flexibility index (Phi) is 6.83. The molecule has 150 valence electrons. The molecular formula is C21H26N2O4S. The minimum atomic E-state index is -3.68. The second-order valence-corrected chi connectivity index (χ2v) is 8.53. The smallest absolute Gasteiger partial charge is 0.338 e. The molecule has 6 nitrogen and oxygen atoms in total. The average Bonchev–Trinajstić information content (AvgIpc) is 3.24. The number of esters is 1. The third-order valence-electron chi connectivity index (χ3n) is 4.91. The molecule has 1 N–H and O–H groups in total. The van der Waals surface area contributed by atoms with E-state index in [2.05, 4.69) is 9.62 Å². The van der Waals surface area contributed by atoms with Crippen LogP contribution in [0.1, 0.15) is 41.7 Å². The minimum absolute atomic E-state index is 0.00252. The van der Waals surface area contributed by atoms with Gasteiger partial charge in [-0.05, 0) is 62.7 Å². The first-order chi connectivity index (χ1) is 13.5. The normalized spacial score (nSPS) is 16.0. The maximum absolute atomic E-state index is 12.7. The van der Waals surface area contributed by atoms with Crippen LogP contribution in [0.25, 0.3) is 0 Å². The number of carbonyl (C=O) groups excluding carboxylic acids is 1. The topological polar surface area (TPSA) is 75.7 Å². The zero-order valence-electron chi connectivity index (χ0n) is 16.0. The zero-order chi connectivity index (χ0) is 20.0. The first kappa shape index (κ1) is 20.5. The number of likely N-dealkylation sites (tertiary alicyclic amines) is 1. The molecule has 0 bridgehead atoms. The van der Waals surface area contributed by atoms with Crippen LogP contribution in [0.4, 0.5) is 0 Å². The van der Waals surface area contributed by atoms with Crippen LogP contribution in [0.15, 0.2) is 59.5 Å². The molecule has 1 atom stereocenters. The maximum Gasteiger partial charge on any atom is 0.338 e. The number of nitrogens with one attached hydrogen (secondary N) is 1. The lowest BCUT2D eigenvalue weighted by Gasteiger charge is -2.28. The minimum Gasteiger partial charge on any atom is -0.462 e. The molecule has 28 heavy (non-hydrogen) atoms. The highest BCUT2D eigenvalue weighted by Gasteiger charge is 2.25. The number of carbonyl (C=O) groups is 1. The lowest BCUT2D eigenvalue weighted by Crippen LogP contribution is -2.36. The van der Waals surface area contributed by atoms with E-state index in [9.17, 15) is 13.2 Å². The fraction of sp³-hybridized carbons (Fsp3) is 0.381. The van der Waals surface area contributed by atoms with Crippen molar-refractivity contribution in [1.29, 1.82) is 0 Å². The Morgan fingerprint density at radius 1 is 1.07 bits per heavy atom. The number of sulfonamides is 1. The van der Waals surface area contributed by atoms with Crippen LogP contribution in [0.3, 0.4) is 0 Å². The summed E-state index contributed by atoms with van der Waals surface area (Å²) in [6.07, 6.45) is 2.26. The summed E-state index contributed by atoms with van der Waals surface area (Å²) in [5.41, 5.74) is 1.43. The molecule has 7 heteroatoms. The monoisotopic (exact) mass is 402 g/mol. The van der Waals surface area contributed by atoms with Crippen molar-refractivity contribution < 1.29 is 17.9 Å². The van der Waals surface area contributed by atoms with Gasteiger partial charge in [-0.15, -0.1) is 0 Å². The van der Waals surface area contributed by atoms with Gasteiger partial charge in [0.2, 0.25) is 10.0 Å². The summed E-state index contributed by atoms with van der Waals surface area (Å²) >= 11 is 0. The highest BCUT2D eigenvalue weighted by atomic mass is 32.2. The molecule has 0 radical (unpaired) electrons. The molecule has 2 aromatic rings. The van der Waals surface area contributed by atoms with E-state index < -0.39 is 16.0 Å².